The van der Waals surface area contributed by atoms with Crippen molar-refractivity contribution in [1.82, 2.24) is 10.2 Å². The molecular weight excluding hydrogens is 176 g/mol. The lowest BCUT2D eigenvalue weighted by Crippen LogP contribution is -2.34. The van der Waals surface area contributed by atoms with E-state index in [0.717, 1.165) is 25.7 Å². The van der Waals surface area contributed by atoms with E-state index in [4.69, 9.17) is 4.74 Å². The summed E-state index contributed by atoms with van der Waals surface area (Å²) in [7, 11) is 2.18. The molecule has 3 nitrogen and oxygen atoms in total. The van der Waals surface area contributed by atoms with Crippen molar-refractivity contribution in [2.45, 2.75) is 26.3 Å². The van der Waals surface area contributed by atoms with Crippen molar-refractivity contribution in [1.29, 1.82) is 0 Å². The Morgan fingerprint density at radius 3 is 2.86 bits per heavy atom. The molecule has 0 radical (unpaired) electrons. The minimum atomic E-state index is 0.685. The maximum absolute atomic E-state index is 5.34. The van der Waals surface area contributed by atoms with Gasteiger partial charge in [-0.1, -0.05) is 0 Å². The first-order valence-electron chi connectivity index (χ1n) is 5.73. The molecule has 0 aromatic heterocycles. The van der Waals surface area contributed by atoms with Gasteiger partial charge in [0.2, 0.25) is 0 Å². The fraction of sp³-hybridized carbons (Fsp3) is 1.00. The highest BCUT2D eigenvalue weighted by Crippen LogP contribution is 2.15. The topological polar surface area (TPSA) is 24.5 Å². The van der Waals surface area contributed by atoms with Crippen LogP contribution in [0.4, 0.5) is 0 Å². The van der Waals surface area contributed by atoms with E-state index in [1.165, 1.54) is 19.5 Å². The Balaban J connectivity index is 2.09. The maximum Gasteiger partial charge on any atom is 0.0593 e. The van der Waals surface area contributed by atoms with Crippen LogP contribution in [-0.2, 0) is 4.74 Å². The standard InChI is InChI=1S/C11H24N2O/c1-4-14-8-7-13(3)9-11-5-6-12-10(11)2/h10-12H,4-9H2,1-3H3. The van der Waals surface area contributed by atoms with Crippen LogP contribution in [-0.4, -0.2) is 50.8 Å². The van der Waals surface area contributed by atoms with Crippen LogP contribution >= 0.6 is 0 Å². The van der Waals surface area contributed by atoms with Crippen LogP contribution in [0.3, 0.4) is 0 Å². The number of rotatable bonds is 6. The molecule has 0 aromatic rings. The summed E-state index contributed by atoms with van der Waals surface area (Å²) >= 11 is 0. The minimum absolute atomic E-state index is 0.685. The van der Waals surface area contributed by atoms with E-state index >= 15 is 0 Å². The first-order valence-corrected chi connectivity index (χ1v) is 5.73. The molecule has 3 heteroatoms. The van der Waals surface area contributed by atoms with Crippen LogP contribution in [0.5, 0.6) is 0 Å². The maximum atomic E-state index is 5.34. The number of likely N-dealkylation sites (N-methyl/N-ethyl adjacent to an activating group) is 1. The number of hydrogen-bond acceptors (Lipinski definition) is 3. The summed E-state index contributed by atoms with van der Waals surface area (Å²) in [4.78, 5) is 2.38. The number of nitrogens with zero attached hydrogens (tertiary/aromatic N) is 1. The average Bonchev–Trinajstić information content (AvgIpc) is 2.52. The first-order chi connectivity index (χ1) is 6.74. The van der Waals surface area contributed by atoms with E-state index in [0.29, 0.717) is 6.04 Å². The zero-order valence-electron chi connectivity index (χ0n) is 9.75. The molecule has 0 amide bonds. The Bertz CT molecular complexity index is 152. The van der Waals surface area contributed by atoms with Gasteiger partial charge in [-0.05, 0) is 39.8 Å². The molecule has 1 aliphatic rings. The van der Waals surface area contributed by atoms with Crippen molar-refractivity contribution in [2.24, 2.45) is 5.92 Å². The predicted molar refractivity (Wildman–Crippen MR) is 59.6 cm³/mol. The Morgan fingerprint density at radius 1 is 1.50 bits per heavy atom. The molecule has 1 heterocycles. The highest BCUT2D eigenvalue weighted by Gasteiger charge is 2.23. The zero-order chi connectivity index (χ0) is 10.4. The van der Waals surface area contributed by atoms with Gasteiger partial charge in [-0.15, -0.1) is 0 Å². The van der Waals surface area contributed by atoms with Crippen molar-refractivity contribution in [3.63, 3.8) is 0 Å². The van der Waals surface area contributed by atoms with Gasteiger partial charge in [0.05, 0.1) is 6.61 Å². The van der Waals surface area contributed by atoms with Gasteiger partial charge in [-0.3, -0.25) is 0 Å². The summed E-state index contributed by atoms with van der Waals surface area (Å²) in [6.45, 7) is 9.46. The Morgan fingerprint density at radius 2 is 2.29 bits per heavy atom. The van der Waals surface area contributed by atoms with E-state index in [-0.39, 0.29) is 0 Å². The van der Waals surface area contributed by atoms with Gasteiger partial charge in [-0.2, -0.15) is 0 Å². The normalized spacial score (nSPS) is 27.4. The highest BCUT2D eigenvalue weighted by molar-refractivity contribution is 4.81. The SMILES string of the molecule is CCOCCN(C)CC1CCNC1C. The second-order valence-corrected chi connectivity index (χ2v) is 4.25. The average molecular weight is 200 g/mol. The zero-order valence-corrected chi connectivity index (χ0v) is 9.75. The molecule has 1 aliphatic heterocycles. The van der Waals surface area contributed by atoms with E-state index in [2.05, 4.69) is 24.2 Å². The number of ether oxygens (including phenoxy) is 1. The number of nitrogens with one attached hydrogen (secondary N) is 1. The molecule has 0 aromatic carbocycles. The minimum Gasteiger partial charge on any atom is -0.380 e. The summed E-state index contributed by atoms with van der Waals surface area (Å²) in [5.74, 6) is 0.821. The van der Waals surface area contributed by atoms with Crippen LogP contribution < -0.4 is 5.32 Å². The van der Waals surface area contributed by atoms with Crippen molar-refractivity contribution in [3.05, 3.63) is 0 Å². The van der Waals surface area contributed by atoms with Crippen LogP contribution in [0.15, 0.2) is 0 Å². The summed E-state index contributed by atoms with van der Waals surface area (Å²) in [6, 6.07) is 0.685. The first kappa shape index (κ1) is 12.0. The third-order valence-corrected chi connectivity index (χ3v) is 3.06. The quantitative estimate of drug-likeness (QED) is 0.646. The molecule has 0 aliphatic carbocycles. The Labute approximate surface area is 87.8 Å². The third-order valence-electron chi connectivity index (χ3n) is 3.06. The van der Waals surface area contributed by atoms with E-state index in [1.54, 1.807) is 0 Å². The largest absolute Gasteiger partial charge is 0.380 e. The summed E-state index contributed by atoms with van der Waals surface area (Å²) in [5.41, 5.74) is 0. The molecule has 1 rings (SSSR count). The predicted octanol–water partition coefficient (Wildman–Crippen LogP) is 0.953. The van der Waals surface area contributed by atoms with E-state index in [1.807, 2.05) is 6.92 Å². The fourth-order valence-corrected chi connectivity index (χ4v) is 2.02. The molecule has 84 valence electrons. The molecule has 1 N–H and O–H groups in total. The summed E-state index contributed by atoms with van der Waals surface area (Å²) < 4.78 is 5.34. The van der Waals surface area contributed by atoms with Gasteiger partial charge in [0.25, 0.3) is 0 Å². The highest BCUT2D eigenvalue weighted by atomic mass is 16.5. The third kappa shape index (κ3) is 3.95. The van der Waals surface area contributed by atoms with E-state index < -0.39 is 0 Å². The van der Waals surface area contributed by atoms with Gasteiger partial charge in [0, 0.05) is 25.7 Å². The van der Waals surface area contributed by atoms with Crippen molar-refractivity contribution < 1.29 is 4.74 Å². The molecule has 2 atom stereocenters. The van der Waals surface area contributed by atoms with Crippen LogP contribution in [0, 0.1) is 5.92 Å². The monoisotopic (exact) mass is 200 g/mol. The van der Waals surface area contributed by atoms with Crippen molar-refractivity contribution in [2.75, 3.05) is 39.9 Å². The smallest absolute Gasteiger partial charge is 0.0593 e. The molecule has 0 spiro atoms. The molecule has 2 unspecified atom stereocenters. The second kappa shape index (κ2) is 6.38. The molecule has 0 saturated carbocycles. The van der Waals surface area contributed by atoms with E-state index in [9.17, 15) is 0 Å². The Kier molecular flexibility index (Phi) is 5.45. The molecule has 1 fully saturated rings. The van der Waals surface area contributed by atoms with Crippen LogP contribution in [0.1, 0.15) is 20.3 Å². The lowest BCUT2D eigenvalue weighted by atomic mass is 10.0. The molecule has 0 bridgehead atoms. The summed E-state index contributed by atoms with van der Waals surface area (Å²) in [5, 5.41) is 3.48. The lowest BCUT2D eigenvalue weighted by Gasteiger charge is -2.23. The summed E-state index contributed by atoms with van der Waals surface area (Å²) in [6.07, 6.45) is 1.32. The van der Waals surface area contributed by atoms with Gasteiger partial charge >= 0.3 is 0 Å². The second-order valence-electron chi connectivity index (χ2n) is 4.25. The fourth-order valence-electron chi connectivity index (χ4n) is 2.02. The number of hydrogen-bond donors (Lipinski definition) is 1. The lowest BCUT2D eigenvalue weighted by molar-refractivity contribution is 0.116. The molecular formula is C11H24N2O. The van der Waals surface area contributed by atoms with Crippen LogP contribution in [0.2, 0.25) is 0 Å². The van der Waals surface area contributed by atoms with Gasteiger partial charge in [-0.25, -0.2) is 0 Å². The van der Waals surface area contributed by atoms with Crippen molar-refractivity contribution in [3.8, 4) is 0 Å². The van der Waals surface area contributed by atoms with Crippen LogP contribution in [0.25, 0.3) is 0 Å². The Hall–Kier alpha value is -0.120. The molecule has 14 heavy (non-hydrogen) atoms. The van der Waals surface area contributed by atoms with Gasteiger partial charge < -0.3 is 15.0 Å². The molecule has 1 saturated heterocycles. The van der Waals surface area contributed by atoms with Gasteiger partial charge in [0.1, 0.15) is 0 Å². The van der Waals surface area contributed by atoms with Crippen molar-refractivity contribution >= 4 is 0 Å². The van der Waals surface area contributed by atoms with Gasteiger partial charge in [0.15, 0.2) is 0 Å².